The number of pyridine rings is 3. The van der Waals surface area contributed by atoms with Crippen molar-refractivity contribution in [3.8, 4) is 0 Å². The van der Waals surface area contributed by atoms with Crippen LogP contribution in [-0.2, 0) is 18.5 Å². The fourth-order valence-corrected chi connectivity index (χ4v) is 4.58. The van der Waals surface area contributed by atoms with E-state index in [4.69, 9.17) is 4.98 Å². The fourth-order valence-electron chi connectivity index (χ4n) is 4.58. The average molecular weight is 357 g/mol. The molecule has 5 nitrogen and oxygen atoms in total. The summed E-state index contributed by atoms with van der Waals surface area (Å²) in [6, 6.07) is 14.6. The first kappa shape index (κ1) is 16.4. The molecular formula is C22H23N5. The largest absolute Gasteiger partial charge is 0.363 e. The highest BCUT2D eigenvalue weighted by molar-refractivity contribution is 5.60. The molecule has 0 saturated carbocycles. The maximum Gasteiger partial charge on any atom is 0.0729 e. The number of hydrogen-bond donors (Lipinski definition) is 0. The first-order chi connectivity index (χ1) is 13.3. The summed E-state index contributed by atoms with van der Waals surface area (Å²) in [5.41, 5.74) is 5.09. The monoisotopic (exact) mass is 357 g/mol. The van der Waals surface area contributed by atoms with Crippen LogP contribution in [0, 0.1) is 0 Å². The summed E-state index contributed by atoms with van der Waals surface area (Å²) in [6.45, 7) is 4.99. The second-order valence-corrected chi connectivity index (χ2v) is 7.64. The van der Waals surface area contributed by atoms with Gasteiger partial charge in [-0.05, 0) is 54.9 Å². The lowest BCUT2D eigenvalue weighted by atomic mass is 9.85. The van der Waals surface area contributed by atoms with E-state index in [1.165, 1.54) is 16.9 Å². The van der Waals surface area contributed by atoms with Gasteiger partial charge in [-0.3, -0.25) is 19.9 Å². The molecular weight excluding hydrogens is 334 g/mol. The number of fused-ring (bicyclic) bond motifs is 2. The van der Waals surface area contributed by atoms with Crippen molar-refractivity contribution in [1.29, 1.82) is 0 Å². The van der Waals surface area contributed by atoms with Crippen molar-refractivity contribution in [3.63, 3.8) is 0 Å². The molecule has 5 heterocycles. The molecule has 5 rings (SSSR count). The Morgan fingerprint density at radius 2 is 1.74 bits per heavy atom. The van der Waals surface area contributed by atoms with Crippen LogP contribution in [0.5, 0.6) is 0 Å². The summed E-state index contributed by atoms with van der Waals surface area (Å²) >= 11 is 0. The summed E-state index contributed by atoms with van der Waals surface area (Å²) in [5, 5.41) is 0. The third kappa shape index (κ3) is 3.08. The Bertz CT molecular complexity index is 914. The highest BCUT2D eigenvalue weighted by Gasteiger charge is 2.48. The van der Waals surface area contributed by atoms with Gasteiger partial charge < -0.3 is 4.90 Å². The predicted octanol–water partition coefficient (Wildman–Crippen LogP) is 3.04. The highest BCUT2D eigenvalue weighted by Crippen LogP contribution is 2.45. The van der Waals surface area contributed by atoms with Crippen molar-refractivity contribution in [3.05, 3.63) is 84.2 Å². The molecule has 136 valence electrons. The number of aromatic nitrogens is 3. The lowest BCUT2D eigenvalue weighted by Gasteiger charge is -2.26. The average Bonchev–Trinajstić information content (AvgIpc) is 3.25. The molecule has 0 N–H and O–H groups in total. The van der Waals surface area contributed by atoms with E-state index < -0.39 is 0 Å². The van der Waals surface area contributed by atoms with Crippen LogP contribution in [0.15, 0.2) is 67.3 Å². The van der Waals surface area contributed by atoms with Crippen LogP contribution >= 0.6 is 0 Å². The summed E-state index contributed by atoms with van der Waals surface area (Å²) in [6.07, 6.45) is 8.72. The number of rotatable bonds is 4. The van der Waals surface area contributed by atoms with E-state index in [0.29, 0.717) is 0 Å². The summed E-state index contributed by atoms with van der Waals surface area (Å²) in [7, 11) is 0. The van der Waals surface area contributed by atoms with Crippen LogP contribution < -0.4 is 4.90 Å². The van der Waals surface area contributed by atoms with Gasteiger partial charge in [0.05, 0.1) is 23.6 Å². The molecule has 1 spiro atoms. The van der Waals surface area contributed by atoms with E-state index in [0.717, 1.165) is 44.8 Å². The Morgan fingerprint density at radius 1 is 0.852 bits per heavy atom. The van der Waals surface area contributed by atoms with Gasteiger partial charge in [-0.25, -0.2) is 0 Å². The van der Waals surface area contributed by atoms with E-state index in [-0.39, 0.29) is 5.41 Å². The second kappa shape index (κ2) is 6.74. The van der Waals surface area contributed by atoms with Gasteiger partial charge in [-0.1, -0.05) is 6.07 Å². The Hall–Kier alpha value is -2.79. The third-order valence-electron chi connectivity index (χ3n) is 5.79. The number of anilines is 1. The van der Waals surface area contributed by atoms with Crippen molar-refractivity contribution >= 4 is 5.69 Å². The lowest BCUT2D eigenvalue weighted by molar-refractivity contribution is 0.305. The molecule has 3 aromatic rings. The summed E-state index contributed by atoms with van der Waals surface area (Å²) < 4.78 is 0. The van der Waals surface area contributed by atoms with E-state index >= 15 is 0 Å². The summed E-state index contributed by atoms with van der Waals surface area (Å²) in [5.74, 6) is 0. The molecule has 5 heteroatoms. The molecule has 27 heavy (non-hydrogen) atoms. The minimum atomic E-state index is 0.123. The maximum atomic E-state index is 4.83. The summed E-state index contributed by atoms with van der Waals surface area (Å²) in [4.78, 5) is 18.5. The van der Waals surface area contributed by atoms with Gasteiger partial charge in [-0.2, -0.15) is 0 Å². The van der Waals surface area contributed by atoms with Crippen LogP contribution in [-0.4, -0.2) is 39.5 Å². The maximum absolute atomic E-state index is 4.83. The van der Waals surface area contributed by atoms with E-state index in [9.17, 15) is 0 Å². The van der Waals surface area contributed by atoms with Gasteiger partial charge in [0, 0.05) is 49.8 Å². The molecule has 0 aliphatic carbocycles. The zero-order valence-electron chi connectivity index (χ0n) is 15.3. The van der Waals surface area contributed by atoms with E-state index in [1.54, 1.807) is 0 Å². The lowest BCUT2D eigenvalue weighted by Crippen LogP contribution is -2.36. The van der Waals surface area contributed by atoms with Gasteiger partial charge in [0.2, 0.25) is 0 Å². The second-order valence-electron chi connectivity index (χ2n) is 7.64. The van der Waals surface area contributed by atoms with Crippen LogP contribution in [0.25, 0.3) is 0 Å². The zero-order chi connectivity index (χ0) is 18.1. The Morgan fingerprint density at radius 3 is 2.59 bits per heavy atom. The molecule has 0 radical (unpaired) electrons. The molecule has 0 unspecified atom stereocenters. The molecule has 0 aromatic carbocycles. The Kier molecular flexibility index (Phi) is 4.09. The standard InChI is InChI=1S/C22H23N5/c1-2-9-24-19(4-1)15-27-17-22(21-20(27)5-3-10-25-21)8-13-26(16-22)14-18-6-11-23-12-7-18/h1-7,9-12H,8,13-17H2/t22-/m1/s1. The minimum absolute atomic E-state index is 0.123. The first-order valence-corrected chi connectivity index (χ1v) is 9.54. The van der Waals surface area contributed by atoms with Gasteiger partial charge in [0.1, 0.15) is 0 Å². The molecule has 1 saturated heterocycles. The molecule has 0 bridgehead atoms. The smallest absolute Gasteiger partial charge is 0.0729 e. The molecule has 2 aliphatic rings. The van der Waals surface area contributed by atoms with Gasteiger partial charge in [0.15, 0.2) is 0 Å². The van der Waals surface area contributed by atoms with Crippen molar-refractivity contribution in [2.75, 3.05) is 24.5 Å². The molecule has 2 aliphatic heterocycles. The Balaban J connectivity index is 1.39. The number of hydrogen-bond acceptors (Lipinski definition) is 5. The molecule has 1 atom stereocenters. The fraction of sp³-hybridized carbons (Fsp3) is 0.318. The van der Waals surface area contributed by atoms with Crippen molar-refractivity contribution < 1.29 is 0 Å². The first-order valence-electron chi connectivity index (χ1n) is 9.54. The van der Waals surface area contributed by atoms with Gasteiger partial charge >= 0.3 is 0 Å². The normalized spacial score (nSPS) is 21.7. The van der Waals surface area contributed by atoms with Crippen LogP contribution in [0.2, 0.25) is 0 Å². The topological polar surface area (TPSA) is 45.2 Å². The van der Waals surface area contributed by atoms with Crippen molar-refractivity contribution in [2.24, 2.45) is 0 Å². The third-order valence-corrected chi connectivity index (χ3v) is 5.79. The van der Waals surface area contributed by atoms with Gasteiger partial charge in [0.25, 0.3) is 0 Å². The van der Waals surface area contributed by atoms with Crippen LogP contribution in [0.4, 0.5) is 5.69 Å². The van der Waals surface area contributed by atoms with Crippen molar-refractivity contribution in [1.82, 2.24) is 19.9 Å². The minimum Gasteiger partial charge on any atom is -0.363 e. The van der Waals surface area contributed by atoms with Crippen LogP contribution in [0.3, 0.4) is 0 Å². The SMILES string of the molecule is c1ccc(CN2C[C@]3(CCN(Cc4ccncc4)C3)c3ncccc32)nc1. The number of nitrogens with zero attached hydrogens (tertiary/aromatic N) is 5. The van der Waals surface area contributed by atoms with Crippen LogP contribution in [0.1, 0.15) is 23.4 Å². The van der Waals surface area contributed by atoms with E-state index in [1.807, 2.05) is 36.9 Å². The quantitative estimate of drug-likeness (QED) is 0.718. The zero-order valence-corrected chi connectivity index (χ0v) is 15.3. The van der Waals surface area contributed by atoms with Gasteiger partial charge in [-0.15, -0.1) is 0 Å². The molecule has 1 fully saturated rings. The number of likely N-dealkylation sites (tertiary alicyclic amines) is 1. The Labute approximate surface area is 159 Å². The molecule has 0 amide bonds. The highest BCUT2D eigenvalue weighted by atomic mass is 15.2. The predicted molar refractivity (Wildman–Crippen MR) is 105 cm³/mol. The van der Waals surface area contributed by atoms with E-state index in [2.05, 4.69) is 50.1 Å². The molecule has 3 aromatic heterocycles. The van der Waals surface area contributed by atoms with Crippen molar-refractivity contribution in [2.45, 2.75) is 24.9 Å².